The van der Waals surface area contributed by atoms with E-state index < -0.39 is 14.9 Å². The average Bonchev–Trinajstić information content (AvgIpc) is 2.73. The van der Waals surface area contributed by atoms with Crippen molar-refractivity contribution >= 4 is 21.5 Å². The molecule has 1 aromatic heterocycles. The van der Waals surface area contributed by atoms with Crippen LogP contribution in [-0.4, -0.2) is 23.5 Å². The highest BCUT2D eigenvalue weighted by Crippen LogP contribution is 2.23. The Morgan fingerprint density at radius 3 is 2.50 bits per heavy atom. The van der Waals surface area contributed by atoms with Gasteiger partial charge in [0.1, 0.15) is 5.82 Å². The number of nitro benzene ring substituents is 1. The minimum atomic E-state index is -3.82. The maximum atomic E-state index is 12.2. The molecule has 0 bridgehead atoms. The first kappa shape index (κ1) is 14.0. The molecule has 2 N–H and O–H groups in total. The van der Waals surface area contributed by atoms with Gasteiger partial charge in [-0.1, -0.05) is 0 Å². The lowest BCUT2D eigenvalue weighted by Crippen LogP contribution is -2.15. The van der Waals surface area contributed by atoms with Crippen LogP contribution in [0.25, 0.3) is 0 Å². The number of hydrogen-bond acceptors (Lipinski definition) is 5. The number of aryl methyl sites for hydroxylation is 2. The monoisotopic (exact) mass is 296 g/mol. The van der Waals surface area contributed by atoms with E-state index in [1.807, 2.05) is 0 Å². The van der Waals surface area contributed by atoms with Crippen molar-refractivity contribution in [2.75, 3.05) is 4.72 Å². The lowest BCUT2D eigenvalue weighted by Gasteiger charge is -2.09. The second-order valence-electron chi connectivity index (χ2n) is 4.24. The summed E-state index contributed by atoms with van der Waals surface area (Å²) in [5.74, 6) is 0.266. The van der Waals surface area contributed by atoms with E-state index in [9.17, 15) is 18.5 Å². The van der Waals surface area contributed by atoms with Gasteiger partial charge in [-0.15, -0.1) is 0 Å². The Bertz CT molecular complexity index is 766. The van der Waals surface area contributed by atoms with E-state index in [1.165, 1.54) is 25.3 Å². The molecule has 9 heteroatoms. The number of non-ortho nitro benzene ring substituents is 1. The summed E-state index contributed by atoms with van der Waals surface area (Å²) in [6.07, 6.45) is 1.49. The van der Waals surface area contributed by atoms with Crippen LogP contribution in [0.15, 0.2) is 29.3 Å². The van der Waals surface area contributed by atoms with E-state index >= 15 is 0 Å². The van der Waals surface area contributed by atoms with Crippen LogP contribution >= 0.6 is 0 Å². The molecule has 0 radical (unpaired) electrons. The Morgan fingerprint density at radius 1 is 1.30 bits per heavy atom. The van der Waals surface area contributed by atoms with Gasteiger partial charge in [0.05, 0.1) is 16.0 Å². The van der Waals surface area contributed by atoms with E-state index in [1.54, 1.807) is 6.92 Å². The third-order valence-electron chi connectivity index (χ3n) is 2.72. The molecular weight excluding hydrogens is 284 g/mol. The zero-order valence-electron chi connectivity index (χ0n) is 10.7. The molecule has 0 unspecified atom stereocenters. The van der Waals surface area contributed by atoms with Gasteiger partial charge in [-0.3, -0.25) is 19.9 Å². The van der Waals surface area contributed by atoms with Crippen molar-refractivity contribution in [3.05, 3.63) is 45.6 Å². The zero-order valence-corrected chi connectivity index (χ0v) is 11.6. The third-order valence-corrected chi connectivity index (χ3v) is 4.23. The van der Waals surface area contributed by atoms with Gasteiger partial charge in [0.2, 0.25) is 0 Å². The number of H-pyrrole nitrogens is 1. The molecule has 8 nitrogen and oxygen atoms in total. The highest BCUT2D eigenvalue weighted by Gasteiger charge is 2.20. The van der Waals surface area contributed by atoms with Crippen LogP contribution < -0.4 is 4.72 Å². The number of nitrogens with one attached hydrogen (secondary N) is 2. The molecule has 0 aliphatic heterocycles. The van der Waals surface area contributed by atoms with Crippen LogP contribution in [0, 0.1) is 24.0 Å². The van der Waals surface area contributed by atoms with Gasteiger partial charge in [-0.2, -0.15) is 5.10 Å². The van der Waals surface area contributed by atoms with E-state index in [0.29, 0.717) is 11.1 Å². The van der Waals surface area contributed by atoms with Crippen LogP contribution in [0.1, 0.15) is 11.1 Å². The highest BCUT2D eigenvalue weighted by molar-refractivity contribution is 7.92. The number of sulfonamides is 1. The molecule has 106 valence electrons. The summed E-state index contributed by atoms with van der Waals surface area (Å²) >= 11 is 0. The van der Waals surface area contributed by atoms with Crippen LogP contribution in [0.2, 0.25) is 0 Å². The minimum Gasteiger partial charge on any atom is -0.264 e. The summed E-state index contributed by atoms with van der Waals surface area (Å²) in [6.45, 7) is 3.20. The summed E-state index contributed by atoms with van der Waals surface area (Å²) in [5, 5.41) is 16.9. The standard InChI is InChI=1S/C11H12N4O4S/c1-7-5-9(15(16)17)3-4-10(7)20(18,19)14-11-8(2)6-12-13-11/h3-6H,1-2H3,(H2,12,13,14). The number of anilines is 1. The smallest absolute Gasteiger partial charge is 0.264 e. The summed E-state index contributed by atoms with van der Waals surface area (Å²) in [5.41, 5.74) is 0.788. The molecule has 0 spiro atoms. The SMILES string of the molecule is Cc1cc([N+](=O)[O-])ccc1S(=O)(=O)Nc1[nH]ncc1C. The molecule has 1 aromatic carbocycles. The van der Waals surface area contributed by atoms with Gasteiger partial charge in [0.15, 0.2) is 0 Å². The van der Waals surface area contributed by atoms with Gasteiger partial charge < -0.3 is 0 Å². The molecule has 0 saturated heterocycles. The van der Waals surface area contributed by atoms with E-state index in [0.717, 1.165) is 6.07 Å². The summed E-state index contributed by atoms with van der Waals surface area (Å²) in [4.78, 5) is 10.1. The van der Waals surface area contributed by atoms with Gasteiger partial charge >= 0.3 is 0 Å². The number of aromatic amines is 1. The molecule has 0 fully saturated rings. The first-order valence-corrected chi connectivity index (χ1v) is 7.07. The van der Waals surface area contributed by atoms with Gasteiger partial charge in [0.25, 0.3) is 15.7 Å². The predicted molar refractivity (Wildman–Crippen MR) is 72.0 cm³/mol. The number of aromatic nitrogens is 2. The van der Waals surface area contributed by atoms with Crippen molar-refractivity contribution < 1.29 is 13.3 Å². The molecule has 1 heterocycles. The number of benzene rings is 1. The number of hydrogen-bond donors (Lipinski definition) is 2. The van der Waals surface area contributed by atoms with E-state index in [2.05, 4.69) is 14.9 Å². The maximum absolute atomic E-state index is 12.2. The average molecular weight is 296 g/mol. The number of nitro groups is 1. The fraction of sp³-hybridized carbons (Fsp3) is 0.182. The summed E-state index contributed by atoms with van der Waals surface area (Å²) in [7, 11) is -3.82. The predicted octanol–water partition coefficient (Wildman–Crippen LogP) is 1.74. The van der Waals surface area contributed by atoms with Gasteiger partial charge in [-0.05, 0) is 25.5 Å². The Labute approximate surface area is 115 Å². The molecule has 2 rings (SSSR count). The molecule has 0 atom stereocenters. The van der Waals surface area contributed by atoms with Crippen LogP contribution in [0.3, 0.4) is 0 Å². The quantitative estimate of drug-likeness (QED) is 0.658. The lowest BCUT2D eigenvalue weighted by molar-refractivity contribution is -0.385. The molecule has 0 aliphatic rings. The van der Waals surface area contributed by atoms with Crippen molar-refractivity contribution in [1.29, 1.82) is 0 Å². The van der Waals surface area contributed by atoms with Crippen molar-refractivity contribution in [3.63, 3.8) is 0 Å². The van der Waals surface area contributed by atoms with Gasteiger partial charge in [-0.25, -0.2) is 8.42 Å². The van der Waals surface area contributed by atoms with Crippen LogP contribution in [-0.2, 0) is 10.0 Å². The Kier molecular flexibility index (Phi) is 3.45. The molecule has 0 saturated carbocycles. The second kappa shape index (κ2) is 4.93. The fourth-order valence-corrected chi connectivity index (χ4v) is 3.00. The van der Waals surface area contributed by atoms with E-state index in [4.69, 9.17) is 0 Å². The van der Waals surface area contributed by atoms with Crippen molar-refractivity contribution in [2.45, 2.75) is 18.7 Å². The molecule has 2 aromatic rings. The zero-order chi connectivity index (χ0) is 14.9. The van der Waals surface area contributed by atoms with Crippen LogP contribution in [0.4, 0.5) is 11.5 Å². The Balaban J connectivity index is 2.40. The number of rotatable bonds is 4. The van der Waals surface area contributed by atoms with Crippen molar-refractivity contribution in [1.82, 2.24) is 10.2 Å². The van der Waals surface area contributed by atoms with Gasteiger partial charge in [0, 0.05) is 17.7 Å². The third kappa shape index (κ3) is 2.62. The lowest BCUT2D eigenvalue weighted by atomic mass is 10.2. The van der Waals surface area contributed by atoms with Crippen molar-refractivity contribution in [2.24, 2.45) is 0 Å². The second-order valence-corrected chi connectivity index (χ2v) is 5.89. The first-order valence-electron chi connectivity index (χ1n) is 5.59. The Morgan fingerprint density at radius 2 is 2.00 bits per heavy atom. The molecule has 20 heavy (non-hydrogen) atoms. The highest BCUT2D eigenvalue weighted by atomic mass is 32.2. The summed E-state index contributed by atoms with van der Waals surface area (Å²) in [6, 6.07) is 3.58. The maximum Gasteiger partial charge on any atom is 0.269 e. The Hall–Kier alpha value is -2.42. The first-order chi connectivity index (χ1) is 9.31. The largest absolute Gasteiger partial charge is 0.269 e. The summed E-state index contributed by atoms with van der Waals surface area (Å²) < 4.78 is 26.8. The van der Waals surface area contributed by atoms with Crippen LogP contribution in [0.5, 0.6) is 0 Å². The minimum absolute atomic E-state index is 0.0166. The van der Waals surface area contributed by atoms with Crippen molar-refractivity contribution in [3.8, 4) is 0 Å². The fourth-order valence-electron chi connectivity index (χ4n) is 1.69. The number of nitrogens with zero attached hydrogens (tertiary/aromatic N) is 2. The van der Waals surface area contributed by atoms with E-state index in [-0.39, 0.29) is 16.4 Å². The molecule has 0 amide bonds. The normalized spacial score (nSPS) is 11.3. The molecule has 0 aliphatic carbocycles. The molecular formula is C11H12N4O4S. The topological polar surface area (TPSA) is 118 Å².